The van der Waals surface area contributed by atoms with E-state index in [9.17, 15) is 4.79 Å². The first-order valence-corrected chi connectivity index (χ1v) is 11.1. The van der Waals surface area contributed by atoms with Gasteiger partial charge in [0, 0.05) is 42.9 Å². The molecular formula is C23H31N7O. The summed E-state index contributed by atoms with van der Waals surface area (Å²) in [6.45, 7) is 10.4. The van der Waals surface area contributed by atoms with E-state index in [2.05, 4.69) is 56.5 Å². The zero-order valence-electron chi connectivity index (χ0n) is 18.5. The molecule has 2 aromatic rings. The SMILES string of the molecule is CCN(CC)CCc1c(C)[nH]c(C=C2C(=O)NN=C2c2cnccn2)c1CNC1CC1. The highest BCUT2D eigenvalue weighted by Gasteiger charge is 2.27. The third kappa shape index (κ3) is 4.91. The number of hydrazone groups is 1. The van der Waals surface area contributed by atoms with Crippen molar-refractivity contribution in [2.75, 3.05) is 19.6 Å². The van der Waals surface area contributed by atoms with Gasteiger partial charge < -0.3 is 15.2 Å². The predicted octanol–water partition coefficient (Wildman–Crippen LogP) is 2.17. The van der Waals surface area contributed by atoms with Crippen LogP contribution in [-0.4, -0.2) is 57.1 Å². The smallest absolute Gasteiger partial charge is 0.273 e. The molecule has 2 aromatic heterocycles. The van der Waals surface area contributed by atoms with Crippen LogP contribution in [0.3, 0.4) is 0 Å². The molecule has 0 spiro atoms. The molecule has 2 aliphatic rings. The highest BCUT2D eigenvalue weighted by atomic mass is 16.2. The molecule has 8 heteroatoms. The molecule has 3 N–H and O–H groups in total. The van der Waals surface area contributed by atoms with Crippen molar-refractivity contribution in [2.24, 2.45) is 5.10 Å². The van der Waals surface area contributed by atoms with E-state index in [-0.39, 0.29) is 5.91 Å². The molecule has 0 saturated heterocycles. The fourth-order valence-electron chi connectivity index (χ4n) is 3.98. The van der Waals surface area contributed by atoms with Gasteiger partial charge in [0.15, 0.2) is 0 Å². The van der Waals surface area contributed by atoms with E-state index in [4.69, 9.17) is 0 Å². The van der Waals surface area contributed by atoms with Gasteiger partial charge in [-0.05, 0) is 56.5 Å². The highest BCUT2D eigenvalue weighted by molar-refractivity contribution is 6.32. The van der Waals surface area contributed by atoms with Gasteiger partial charge in [0.1, 0.15) is 11.4 Å². The number of H-pyrrole nitrogens is 1. The average molecular weight is 422 g/mol. The molecule has 8 nitrogen and oxygen atoms in total. The van der Waals surface area contributed by atoms with E-state index in [1.807, 2.05) is 6.08 Å². The minimum atomic E-state index is -0.223. The summed E-state index contributed by atoms with van der Waals surface area (Å²) in [6, 6.07) is 0.609. The molecular weight excluding hydrogens is 390 g/mol. The van der Waals surface area contributed by atoms with E-state index in [1.54, 1.807) is 18.6 Å². The Kier molecular flexibility index (Phi) is 6.58. The molecule has 4 rings (SSSR count). The lowest BCUT2D eigenvalue weighted by Crippen LogP contribution is -2.26. The van der Waals surface area contributed by atoms with Crippen molar-refractivity contribution < 1.29 is 4.79 Å². The normalized spacial score (nSPS) is 17.5. The van der Waals surface area contributed by atoms with E-state index < -0.39 is 0 Å². The van der Waals surface area contributed by atoms with Crippen LogP contribution >= 0.6 is 0 Å². The summed E-state index contributed by atoms with van der Waals surface area (Å²) in [5.74, 6) is -0.223. The van der Waals surface area contributed by atoms with E-state index >= 15 is 0 Å². The van der Waals surface area contributed by atoms with E-state index in [0.717, 1.165) is 44.0 Å². The van der Waals surface area contributed by atoms with Gasteiger partial charge in [0.05, 0.1) is 11.8 Å². The summed E-state index contributed by atoms with van der Waals surface area (Å²) >= 11 is 0. The van der Waals surface area contributed by atoms with Gasteiger partial charge in [0.25, 0.3) is 5.91 Å². The zero-order chi connectivity index (χ0) is 21.8. The number of aryl methyl sites for hydroxylation is 1. The van der Waals surface area contributed by atoms with Gasteiger partial charge in [-0.3, -0.25) is 14.8 Å². The molecule has 3 heterocycles. The topological polar surface area (TPSA) is 98.3 Å². The summed E-state index contributed by atoms with van der Waals surface area (Å²) in [7, 11) is 0. The van der Waals surface area contributed by atoms with Crippen LogP contribution in [0, 0.1) is 6.92 Å². The number of hydrogen-bond donors (Lipinski definition) is 3. The van der Waals surface area contributed by atoms with Gasteiger partial charge >= 0.3 is 0 Å². The number of aromatic nitrogens is 3. The van der Waals surface area contributed by atoms with E-state index in [0.29, 0.717) is 23.0 Å². The third-order valence-electron chi connectivity index (χ3n) is 6.05. The van der Waals surface area contributed by atoms with Crippen molar-refractivity contribution in [1.29, 1.82) is 0 Å². The standard InChI is InChI=1S/C23H31N7O/c1-4-30(5-2)11-8-17-15(3)27-20(19(17)13-26-16-6-7-16)12-18-22(28-29-23(18)31)21-14-24-9-10-25-21/h9-10,12,14,16,26-27H,4-8,11,13H2,1-3H3,(H,29,31). The van der Waals surface area contributed by atoms with Gasteiger partial charge in [-0.2, -0.15) is 5.10 Å². The van der Waals surface area contributed by atoms with Crippen LogP contribution in [0.1, 0.15) is 54.9 Å². The molecule has 1 fully saturated rings. The minimum absolute atomic E-state index is 0.223. The van der Waals surface area contributed by atoms with Gasteiger partial charge in [-0.25, -0.2) is 5.43 Å². The molecule has 31 heavy (non-hydrogen) atoms. The summed E-state index contributed by atoms with van der Waals surface area (Å²) in [5.41, 5.74) is 8.87. The number of rotatable bonds is 10. The van der Waals surface area contributed by atoms with Crippen molar-refractivity contribution in [3.63, 3.8) is 0 Å². The summed E-state index contributed by atoms with van der Waals surface area (Å²) in [4.78, 5) is 26.9. The second-order valence-corrected chi connectivity index (χ2v) is 8.10. The molecule has 164 valence electrons. The van der Waals surface area contributed by atoms with Crippen molar-refractivity contribution >= 4 is 17.7 Å². The first-order chi connectivity index (χ1) is 15.1. The monoisotopic (exact) mass is 421 g/mol. The Morgan fingerprint density at radius 2 is 2.03 bits per heavy atom. The second kappa shape index (κ2) is 9.53. The van der Waals surface area contributed by atoms with Crippen LogP contribution in [0.5, 0.6) is 0 Å². The number of likely N-dealkylation sites (N-methyl/N-ethyl adjacent to an activating group) is 1. The number of carbonyl (C=O) groups excluding carboxylic acids is 1. The predicted molar refractivity (Wildman–Crippen MR) is 122 cm³/mol. The van der Waals surface area contributed by atoms with Crippen LogP contribution in [-0.2, 0) is 17.8 Å². The maximum Gasteiger partial charge on any atom is 0.273 e. The molecule has 0 atom stereocenters. The lowest BCUT2D eigenvalue weighted by molar-refractivity contribution is -0.116. The molecule has 1 saturated carbocycles. The molecule has 0 radical (unpaired) electrons. The summed E-state index contributed by atoms with van der Waals surface area (Å²) in [5, 5.41) is 7.85. The molecule has 0 bridgehead atoms. The van der Waals surface area contributed by atoms with Crippen LogP contribution in [0.25, 0.3) is 6.08 Å². The highest BCUT2D eigenvalue weighted by Crippen LogP contribution is 2.26. The second-order valence-electron chi connectivity index (χ2n) is 8.10. The summed E-state index contributed by atoms with van der Waals surface area (Å²) < 4.78 is 0. The van der Waals surface area contributed by atoms with Crippen LogP contribution in [0.2, 0.25) is 0 Å². The fourth-order valence-corrected chi connectivity index (χ4v) is 3.98. The molecule has 0 unspecified atom stereocenters. The van der Waals surface area contributed by atoms with Gasteiger partial charge in [0.2, 0.25) is 0 Å². The molecule has 1 aliphatic heterocycles. The van der Waals surface area contributed by atoms with E-state index in [1.165, 1.54) is 24.0 Å². The Morgan fingerprint density at radius 1 is 1.23 bits per heavy atom. The fraction of sp³-hybridized carbons (Fsp3) is 0.478. The first-order valence-electron chi connectivity index (χ1n) is 11.1. The maximum absolute atomic E-state index is 12.6. The molecule has 0 aromatic carbocycles. The number of hydrogen-bond acceptors (Lipinski definition) is 6. The van der Waals surface area contributed by atoms with Gasteiger partial charge in [-0.15, -0.1) is 0 Å². The quantitative estimate of drug-likeness (QED) is 0.511. The Labute approximate surface area is 183 Å². The van der Waals surface area contributed by atoms with Crippen LogP contribution in [0.4, 0.5) is 0 Å². The van der Waals surface area contributed by atoms with Crippen molar-refractivity contribution in [1.82, 2.24) is 30.6 Å². The lowest BCUT2D eigenvalue weighted by atomic mass is 10.0. The lowest BCUT2D eigenvalue weighted by Gasteiger charge is -2.18. The van der Waals surface area contributed by atoms with Crippen LogP contribution < -0.4 is 10.7 Å². The van der Waals surface area contributed by atoms with Crippen molar-refractivity contribution in [3.8, 4) is 0 Å². The molecule has 1 aliphatic carbocycles. The number of nitrogens with one attached hydrogen (secondary N) is 3. The Bertz CT molecular complexity index is 985. The summed E-state index contributed by atoms with van der Waals surface area (Å²) in [6.07, 6.45) is 10.2. The number of amides is 1. The largest absolute Gasteiger partial charge is 0.359 e. The zero-order valence-corrected chi connectivity index (χ0v) is 18.5. The maximum atomic E-state index is 12.6. The Balaban J connectivity index is 1.66. The number of aromatic amines is 1. The third-order valence-corrected chi connectivity index (χ3v) is 6.05. The number of carbonyl (C=O) groups is 1. The first kappa shape index (κ1) is 21.4. The average Bonchev–Trinajstić information content (AvgIpc) is 3.48. The van der Waals surface area contributed by atoms with Gasteiger partial charge in [-0.1, -0.05) is 13.8 Å². The minimum Gasteiger partial charge on any atom is -0.359 e. The number of nitrogens with zero attached hydrogens (tertiary/aromatic N) is 4. The Morgan fingerprint density at radius 3 is 2.71 bits per heavy atom. The molecule has 1 amide bonds. The van der Waals surface area contributed by atoms with Crippen LogP contribution in [0.15, 0.2) is 29.3 Å². The Hall–Kier alpha value is -2.84. The van der Waals surface area contributed by atoms with Crippen molar-refractivity contribution in [2.45, 2.75) is 52.6 Å². The van der Waals surface area contributed by atoms with Crippen molar-refractivity contribution in [3.05, 3.63) is 52.4 Å².